The smallest absolute Gasteiger partial charge is 0.221 e. The SMILES string of the molecule is CCCC[C@@H]1CN(CCC(=O)NCC2CCOCC2)Cc2ccccc2O1. The number of para-hydroxylation sites is 1. The Morgan fingerprint density at radius 2 is 2.07 bits per heavy atom. The molecule has 2 heterocycles. The normalized spacial score (nSPS) is 21.1. The summed E-state index contributed by atoms with van der Waals surface area (Å²) in [7, 11) is 0. The van der Waals surface area contributed by atoms with Gasteiger partial charge in [-0.1, -0.05) is 31.5 Å². The van der Waals surface area contributed by atoms with Gasteiger partial charge >= 0.3 is 0 Å². The summed E-state index contributed by atoms with van der Waals surface area (Å²) in [5.74, 6) is 1.73. The first-order chi connectivity index (χ1) is 13.2. The molecular weight excluding hydrogens is 340 g/mol. The second kappa shape index (κ2) is 10.7. The molecule has 1 saturated heterocycles. The van der Waals surface area contributed by atoms with Crippen molar-refractivity contribution in [3.8, 4) is 5.75 Å². The predicted octanol–water partition coefficient (Wildman–Crippen LogP) is 3.37. The third kappa shape index (κ3) is 6.51. The fourth-order valence-corrected chi connectivity index (χ4v) is 3.87. The molecular formula is C22H34N2O3. The van der Waals surface area contributed by atoms with Crippen molar-refractivity contribution in [1.82, 2.24) is 10.2 Å². The molecule has 1 atom stereocenters. The highest BCUT2D eigenvalue weighted by molar-refractivity contribution is 5.76. The van der Waals surface area contributed by atoms with E-state index in [4.69, 9.17) is 9.47 Å². The Bertz CT molecular complexity index is 587. The average Bonchev–Trinajstić information content (AvgIpc) is 2.88. The monoisotopic (exact) mass is 374 g/mol. The van der Waals surface area contributed by atoms with Crippen LogP contribution in [0, 0.1) is 5.92 Å². The van der Waals surface area contributed by atoms with Crippen molar-refractivity contribution in [1.29, 1.82) is 0 Å². The van der Waals surface area contributed by atoms with Gasteiger partial charge in [0.15, 0.2) is 0 Å². The van der Waals surface area contributed by atoms with Crippen LogP contribution in [-0.4, -0.2) is 49.8 Å². The van der Waals surface area contributed by atoms with Crippen molar-refractivity contribution < 1.29 is 14.3 Å². The number of ether oxygens (including phenoxy) is 2. The number of fused-ring (bicyclic) bond motifs is 1. The highest BCUT2D eigenvalue weighted by Crippen LogP contribution is 2.26. The van der Waals surface area contributed by atoms with Gasteiger partial charge in [0, 0.05) is 51.4 Å². The van der Waals surface area contributed by atoms with Gasteiger partial charge in [0.1, 0.15) is 11.9 Å². The van der Waals surface area contributed by atoms with Crippen molar-refractivity contribution in [2.24, 2.45) is 5.92 Å². The maximum absolute atomic E-state index is 12.3. The van der Waals surface area contributed by atoms with Crippen molar-refractivity contribution in [2.45, 2.75) is 58.1 Å². The molecule has 27 heavy (non-hydrogen) atoms. The first-order valence-electron chi connectivity index (χ1n) is 10.6. The summed E-state index contributed by atoms with van der Waals surface area (Å²) in [5.41, 5.74) is 1.22. The number of carbonyl (C=O) groups excluding carboxylic acids is 1. The Morgan fingerprint density at radius 3 is 2.89 bits per heavy atom. The maximum atomic E-state index is 12.3. The second-order valence-corrected chi connectivity index (χ2v) is 7.83. The molecule has 1 N–H and O–H groups in total. The van der Waals surface area contributed by atoms with Gasteiger partial charge in [0.05, 0.1) is 0 Å². The van der Waals surface area contributed by atoms with E-state index in [2.05, 4.69) is 35.3 Å². The Morgan fingerprint density at radius 1 is 1.26 bits per heavy atom. The number of carbonyl (C=O) groups is 1. The minimum absolute atomic E-state index is 0.157. The first-order valence-corrected chi connectivity index (χ1v) is 10.6. The van der Waals surface area contributed by atoms with Gasteiger partial charge in [-0.15, -0.1) is 0 Å². The van der Waals surface area contributed by atoms with Crippen LogP contribution in [0.1, 0.15) is 51.0 Å². The van der Waals surface area contributed by atoms with Crippen LogP contribution in [-0.2, 0) is 16.1 Å². The van der Waals surface area contributed by atoms with Gasteiger partial charge in [-0.25, -0.2) is 0 Å². The summed E-state index contributed by atoms with van der Waals surface area (Å²) >= 11 is 0. The van der Waals surface area contributed by atoms with Gasteiger partial charge in [0.2, 0.25) is 5.91 Å². The van der Waals surface area contributed by atoms with Gasteiger partial charge in [-0.05, 0) is 37.7 Å². The topological polar surface area (TPSA) is 50.8 Å². The molecule has 0 saturated carbocycles. The Labute approximate surface area is 163 Å². The number of hydrogen-bond acceptors (Lipinski definition) is 4. The van der Waals surface area contributed by atoms with E-state index in [1.165, 1.54) is 18.4 Å². The summed E-state index contributed by atoms with van der Waals surface area (Å²) in [6.07, 6.45) is 6.28. The molecule has 5 nitrogen and oxygen atoms in total. The molecule has 0 aromatic heterocycles. The summed E-state index contributed by atoms with van der Waals surface area (Å²) < 4.78 is 11.6. The highest BCUT2D eigenvalue weighted by atomic mass is 16.5. The quantitative estimate of drug-likeness (QED) is 0.758. The number of benzene rings is 1. The van der Waals surface area contributed by atoms with Crippen LogP contribution in [0.15, 0.2) is 24.3 Å². The first kappa shape index (κ1) is 20.2. The predicted molar refractivity (Wildman–Crippen MR) is 107 cm³/mol. The van der Waals surface area contributed by atoms with E-state index >= 15 is 0 Å². The lowest BCUT2D eigenvalue weighted by atomic mass is 10.0. The molecule has 0 unspecified atom stereocenters. The van der Waals surface area contributed by atoms with E-state index in [1.807, 2.05) is 6.07 Å². The molecule has 5 heteroatoms. The van der Waals surface area contributed by atoms with Gasteiger partial charge < -0.3 is 14.8 Å². The van der Waals surface area contributed by atoms with E-state index in [1.54, 1.807) is 0 Å². The Kier molecular flexibility index (Phi) is 7.96. The molecule has 0 aliphatic carbocycles. The van der Waals surface area contributed by atoms with E-state index in [0.717, 1.165) is 64.4 Å². The van der Waals surface area contributed by atoms with Gasteiger partial charge in [-0.3, -0.25) is 9.69 Å². The van der Waals surface area contributed by atoms with Gasteiger partial charge in [-0.2, -0.15) is 0 Å². The van der Waals surface area contributed by atoms with Crippen molar-refractivity contribution in [3.63, 3.8) is 0 Å². The van der Waals surface area contributed by atoms with Crippen molar-refractivity contribution in [2.75, 3.05) is 32.8 Å². The lowest BCUT2D eigenvalue weighted by molar-refractivity contribution is -0.121. The largest absolute Gasteiger partial charge is 0.489 e. The zero-order valence-electron chi connectivity index (χ0n) is 16.6. The summed E-state index contributed by atoms with van der Waals surface area (Å²) in [4.78, 5) is 14.7. The van der Waals surface area contributed by atoms with Crippen LogP contribution < -0.4 is 10.1 Å². The summed E-state index contributed by atoms with van der Waals surface area (Å²) in [6.45, 7) is 7.17. The number of rotatable bonds is 8. The minimum Gasteiger partial charge on any atom is -0.489 e. The third-order valence-corrected chi connectivity index (χ3v) is 5.59. The van der Waals surface area contributed by atoms with Crippen molar-refractivity contribution >= 4 is 5.91 Å². The van der Waals surface area contributed by atoms with Crippen molar-refractivity contribution in [3.05, 3.63) is 29.8 Å². The molecule has 1 aromatic rings. The fraction of sp³-hybridized carbons (Fsp3) is 0.682. The molecule has 1 fully saturated rings. The van der Waals surface area contributed by atoms with E-state index < -0.39 is 0 Å². The average molecular weight is 375 g/mol. The lowest BCUT2D eigenvalue weighted by Crippen LogP contribution is -2.37. The Balaban J connectivity index is 1.49. The number of unbranched alkanes of at least 4 members (excludes halogenated alkanes) is 1. The molecule has 1 amide bonds. The number of hydrogen-bond donors (Lipinski definition) is 1. The Hall–Kier alpha value is -1.59. The van der Waals surface area contributed by atoms with Crippen LogP contribution in [0.25, 0.3) is 0 Å². The standard InChI is InChI=1S/C22H34N2O3/c1-2-3-7-20-17-24(16-19-6-4-5-8-21(19)27-20)12-9-22(25)23-15-18-10-13-26-14-11-18/h4-6,8,18,20H,2-3,7,9-17H2,1H3,(H,23,25)/t20-/m1/s1. The molecule has 0 radical (unpaired) electrons. The number of nitrogens with zero attached hydrogens (tertiary/aromatic N) is 1. The second-order valence-electron chi connectivity index (χ2n) is 7.83. The van der Waals surface area contributed by atoms with E-state index in [9.17, 15) is 4.79 Å². The van der Waals surface area contributed by atoms with Crippen LogP contribution in [0.2, 0.25) is 0 Å². The molecule has 0 bridgehead atoms. The zero-order chi connectivity index (χ0) is 18.9. The highest BCUT2D eigenvalue weighted by Gasteiger charge is 2.23. The lowest BCUT2D eigenvalue weighted by Gasteiger charge is -2.24. The molecule has 2 aliphatic rings. The molecule has 1 aromatic carbocycles. The number of nitrogens with one attached hydrogen (secondary N) is 1. The number of amides is 1. The van der Waals surface area contributed by atoms with Gasteiger partial charge in [0.25, 0.3) is 0 Å². The molecule has 2 aliphatic heterocycles. The van der Waals surface area contributed by atoms with Crippen LogP contribution in [0.5, 0.6) is 5.75 Å². The van der Waals surface area contributed by atoms with E-state index in [0.29, 0.717) is 12.3 Å². The molecule has 150 valence electrons. The third-order valence-electron chi connectivity index (χ3n) is 5.59. The van der Waals surface area contributed by atoms with Crippen LogP contribution in [0.3, 0.4) is 0 Å². The summed E-state index contributed by atoms with van der Waals surface area (Å²) in [5, 5.41) is 3.12. The molecule has 3 rings (SSSR count). The fourth-order valence-electron chi connectivity index (χ4n) is 3.87. The van der Waals surface area contributed by atoms with E-state index in [-0.39, 0.29) is 12.0 Å². The molecule has 0 spiro atoms. The van der Waals surface area contributed by atoms with Crippen LogP contribution >= 0.6 is 0 Å². The van der Waals surface area contributed by atoms with Crippen LogP contribution in [0.4, 0.5) is 0 Å². The summed E-state index contributed by atoms with van der Waals surface area (Å²) in [6, 6.07) is 8.30. The zero-order valence-corrected chi connectivity index (χ0v) is 16.6. The minimum atomic E-state index is 0.157. The maximum Gasteiger partial charge on any atom is 0.221 e.